The number of likely N-dealkylation sites (N-methyl/N-ethyl adjacent to an activating group) is 2. The third kappa shape index (κ3) is 11.1. The first-order valence-corrected chi connectivity index (χ1v) is 19.0. The van der Waals surface area contributed by atoms with Gasteiger partial charge in [-0.15, -0.1) is 0 Å². The molecule has 0 aromatic heterocycles. The number of nitrogens with zero attached hydrogens (tertiary/aromatic N) is 2. The van der Waals surface area contributed by atoms with Gasteiger partial charge in [-0.1, -0.05) is 27.7 Å². The van der Waals surface area contributed by atoms with Gasteiger partial charge in [0.15, 0.2) is 0 Å². The zero-order valence-electron chi connectivity index (χ0n) is 29.1. The topological polar surface area (TPSA) is 224 Å². The highest BCUT2D eigenvalue weighted by molar-refractivity contribution is 8.76. The first-order chi connectivity index (χ1) is 23.8. The van der Waals surface area contributed by atoms with Gasteiger partial charge in [0.1, 0.15) is 18.1 Å². The minimum Gasteiger partial charge on any atom is -0.368 e. The standard InChI is InChI=1S/C32H49N9O7S2/c1-18(34-3)27(43)38-23(31(47)40-11-6-7-12-40)16-49-50-17-24(39-28(44)19(2)35-4)32(48)41-15-22(14-25(41)26(33)42)37-30(46)21-10-8-9-20(13-21)29(45)36-5/h8-10,13,18-19,22-25,34-35H,6-7,11-12,14-17H2,1-5H3,(H2,33,42)(H,36,45)(H,37,46)(H,38,43)(H,39,44)/t18-,19-,22-,23-,24-,25-/m0/s1. The van der Waals surface area contributed by atoms with Gasteiger partial charge >= 0.3 is 0 Å². The Labute approximate surface area is 300 Å². The molecule has 2 aliphatic heterocycles. The summed E-state index contributed by atoms with van der Waals surface area (Å²) in [6.45, 7) is 4.53. The molecule has 0 saturated carbocycles. The normalized spacial score (nSPS) is 19.5. The fraction of sp³-hybridized carbons (Fsp3) is 0.594. The molecule has 0 aliphatic carbocycles. The fourth-order valence-corrected chi connectivity index (χ4v) is 7.77. The molecule has 8 N–H and O–H groups in total. The molecule has 3 rings (SSSR count). The molecule has 0 radical (unpaired) electrons. The zero-order chi connectivity index (χ0) is 37.0. The molecule has 2 heterocycles. The van der Waals surface area contributed by atoms with E-state index in [1.165, 1.54) is 39.6 Å². The van der Waals surface area contributed by atoms with Crippen LogP contribution in [0.4, 0.5) is 0 Å². The molecule has 0 unspecified atom stereocenters. The van der Waals surface area contributed by atoms with E-state index in [-0.39, 0.29) is 47.8 Å². The lowest BCUT2D eigenvalue weighted by Gasteiger charge is -2.28. The Hall–Kier alpha value is -3.87. The van der Waals surface area contributed by atoms with Gasteiger partial charge in [-0.25, -0.2) is 0 Å². The van der Waals surface area contributed by atoms with E-state index in [0.29, 0.717) is 18.7 Å². The van der Waals surface area contributed by atoms with Crippen molar-refractivity contribution in [2.24, 2.45) is 5.73 Å². The summed E-state index contributed by atoms with van der Waals surface area (Å²) in [7, 11) is 7.26. The van der Waals surface area contributed by atoms with Gasteiger partial charge in [-0.3, -0.25) is 33.6 Å². The number of rotatable bonds is 17. The fourth-order valence-electron chi connectivity index (χ4n) is 5.46. The second-order valence-electron chi connectivity index (χ2n) is 12.2. The van der Waals surface area contributed by atoms with Gasteiger partial charge in [0.25, 0.3) is 11.8 Å². The summed E-state index contributed by atoms with van der Waals surface area (Å²) < 4.78 is 0. The minimum atomic E-state index is -1.08. The summed E-state index contributed by atoms with van der Waals surface area (Å²) in [6, 6.07) is 1.45. The van der Waals surface area contributed by atoms with Crippen LogP contribution in [0, 0.1) is 0 Å². The van der Waals surface area contributed by atoms with Crippen LogP contribution in [0.2, 0.25) is 0 Å². The maximum Gasteiger partial charge on any atom is 0.251 e. The summed E-state index contributed by atoms with van der Waals surface area (Å²) in [5, 5.41) is 16.6. The number of benzene rings is 1. The third-order valence-electron chi connectivity index (χ3n) is 8.71. The lowest BCUT2D eigenvalue weighted by molar-refractivity contribution is -0.140. The van der Waals surface area contributed by atoms with Gasteiger partial charge < -0.3 is 47.4 Å². The Balaban J connectivity index is 1.72. The molecular weight excluding hydrogens is 687 g/mol. The summed E-state index contributed by atoms with van der Waals surface area (Å²) in [5.41, 5.74) is 6.23. The summed E-state index contributed by atoms with van der Waals surface area (Å²) >= 11 is 0. The Morgan fingerprint density at radius 1 is 0.820 bits per heavy atom. The molecule has 276 valence electrons. The van der Waals surface area contributed by atoms with Gasteiger partial charge in [-0.2, -0.15) is 0 Å². The molecule has 1 aromatic rings. The van der Waals surface area contributed by atoms with Gasteiger partial charge in [-0.05, 0) is 65.4 Å². The number of hydrogen-bond acceptors (Lipinski definition) is 11. The first-order valence-electron chi connectivity index (χ1n) is 16.5. The minimum absolute atomic E-state index is 0.0405. The van der Waals surface area contributed by atoms with E-state index in [1.807, 2.05) is 0 Å². The maximum absolute atomic E-state index is 14.0. The molecule has 2 aliphatic rings. The largest absolute Gasteiger partial charge is 0.368 e. The number of amides is 7. The number of carbonyl (C=O) groups is 7. The van der Waals surface area contributed by atoms with E-state index in [4.69, 9.17) is 5.73 Å². The number of carbonyl (C=O) groups excluding carboxylic acids is 7. The highest BCUT2D eigenvalue weighted by Crippen LogP contribution is 2.26. The first kappa shape index (κ1) is 40.6. The highest BCUT2D eigenvalue weighted by atomic mass is 33.1. The van der Waals surface area contributed by atoms with E-state index in [0.717, 1.165) is 12.8 Å². The number of nitrogens with one attached hydrogen (secondary N) is 6. The molecule has 2 saturated heterocycles. The maximum atomic E-state index is 14.0. The predicted molar refractivity (Wildman–Crippen MR) is 192 cm³/mol. The number of nitrogens with two attached hydrogens (primary N) is 1. The van der Waals surface area contributed by atoms with Crippen LogP contribution in [0.1, 0.15) is 53.8 Å². The van der Waals surface area contributed by atoms with Crippen molar-refractivity contribution in [3.8, 4) is 0 Å². The molecule has 7 amide bonds. The van der Waals surface area contributed by atoms with E-state index in [2.05, 4.69) is 31.9 Å². The van der Waals surface area contributed by atoms with E-state index >= 15 is 0 Å². The van der Waals surface area contributed by atoms with Crippen molar-refractivity contribution in [3.05, 3.63) is 35.4 Å². The second-order valence-corrected chi connectivity index (χ2v) is 14.8. The summed E-state index contributed by atoms with van der Waals surface area (Å²) in [4.78, 5) is 93.5. The monoisotopic (exact) mass is 735 g/mol. The van der Waals surface area contributed by atoms with E-state index < -0.39 is 59.9 Å². The average molecular weight is 736 g/mol. The Morgan fingerprint density at radius 2 is 1.34 bits per heavy atom. The lowest BCUT2D eigenvalue weighted by atomic mass is 10.1. The molecule has 16 nitrogen and oxygen atoms in total. The van der Waals surface area contributed by atoms with Crippen LogP contribution in [0.15, 0.2) is 24.3 Å². The van der Waals surface area contributed by atoms with Crippen LogP contribution in [0.3, 0.4) is 0 Å². The van der Waals surface area contributed by atoms with Crippen LogP contribution in [0.25, 0.3) is 0 Å². The number of hydrogen-bond donors (Lipinski definition) is 7. The smallest absolute Gasteiger partial charge is 0.251 e. The SMILES string of the molecule is CNC(=O)c1cccc(C(=O)N[C@H]2C[C@@H](C(N)=O)N(C(=O)[C@H](CSSC[C@H](NC(=O)[C@H](C)NC)C(=O)N3CCCC3)NC(=O)[C@H](C)NC)C2)c1. The van der Waals surface area contributed by atoms with Crippen molar-refractivity contribution in [3.63, 3.8) is 0 Å². The van der Waals surface area contributed by atoms with Crippen molar-refractivity contribution >= 4 is 62.9 Å². The molecule has 18 heteroatoms. The molecular formula is C32H49N9O7S2. The van der Waals surface area contributed by atoms with Crippen molar-refractivity contribution in [2.45, 2.75) is 69.4 Å². The van der Waals surface area contributed by atoms with Crippen LogP contribution < -0.4 is 37.6 Å². The summed E-state index contributed by atoms with van der Waals surface area (Å²) in [5.74, 6) is -2.82. The van der Waals surface area contributed by atoms with Crippen molar-refractivity contribution < 1.29 is 33.6 Å². The molecule has 1 aromatic carbocycles. The number of primary amides is 1. The molecule has 0 spiro atoms. The lowest BCUT2D eigenvalue weighted by Crippen LogP contribution is -2.56. The third-order valence-corrected chi connectivity index (χ3v) is 11.1. The van der Waals surface area contributed by atoms with Crippen LogP contribution >= 0.6 is 21.6 Å². The number of likely N-dealkylation sites (tertiary alicyclic amines) is 2. The van der Waals surface area contributed by atoms with Crippen molar-refractivity contribution in [1.29, 1.82) is 0 Å². The average Bonchev–Trinajstić information content (AvgIpc) is 3.81. The van der Waals surface area contributed by atoms with E-state index in [9.17, 15) is 33.6 Å². The van der Waals surface area contributed by atoms with Crippen molar-refractivity contribution in [2.75, 3.05) is 52.3 Å². The second kappa shape index (κ2) is 19.5. The van der Waals surface area contributed by atoms with Crippen LogP contribution in [-0.4, -0.2) is 140 Å². The molecule has 6 atom stereocenters. The van der Waals surface area contributed by atoms with E-state index in [1.54, 1.807) is 51.0 Å². The Bertz CT molecular complexity index is 1410. The molecule has 50 heavy (non-hydrogen) atoms. The van der Waals surface area contributed by atoms with Crippen LogP contribution in [-0.2, 0) is 24.0 Å². The Morgan fingerprint density at radius 3 is 1.84 bits per heavy atom. The van der Waals surface area contributed by atoms with Gasteiger partial charge in [0, 0.05) is 55.4 Å². The summed E-state index contributed by atoms with van der Waals surface area (Å²) in [6.07, 6.45) is 1.85. The quantitative estimate of drug-likeness (QED) is 0.0715. The molecule has 2 fully saturated rings. The van der Waals surface area contributed by atoms with Crippen molar-refractivity contribution in [1.82, 2.24) is 41.7 Å². The molecule has 0 bridgehead atoms. The van der Waals surface area contributed by atoms with Gasteiger partial charge in [0.05, 0.1) is 12.1 Å². The van der Waals surface area contributed by atoms with Crippen LogP contribution in [0.5, 0.6) is 0 Å². The highest BCUT2D eigenvalue weighted by Gasteiger charge is 2.42. The van der Waals surface area contributed by atoms with Gasteiger partial charge in [0.2, 0.25) is 29.5 Å². The Kier molecular flexibility index (Phi) is 15.8. The zero-order valence-corrected chi connectivity index (χ0v) is 30.7. The predicted octanol–water partition coefficient (Wildman–Crippen LogP) is -1.58.